The summed E-state index contributed by atoms with van der Waals surface area (Å²) in [7, 11) is -22.6. The van der Waals surface area contributed by atoms with E-state index in [1.807, 2.05) is 0 Å². The van der Waals surface area contributed by atoms with Gasteiger partial charge in [-0.1, -0.05) is 0 Å². The first kappa shape index (κ1) is 36.5. The van der Waals surface area contributed by atoms with E-state index in [0.29, 0.717) is 0 Å². The molecule has 0 radical (unpaired) electrons. The summed E-state index contributed by atoms with van der Waals surface area (Å²) in [5.41, 5.74) is 0. The van der Waals surface area contributed by atoms with E-state index in [-0.39, 0.29) is 118 Å². The Kier molecular flexibility index (Phi) is 23.8. The van der Waals surface area contributed by atoms with Crippen LogP contribution in [0.5, 0.6) is 0 Å². The maximum atomic E-state index is 10.7. The molecular weight excluding hydrogens is 424 g/mol. The van der Waals surface area contributed by atoms with Gasteiger partial charge < -0.3 is 29.4 Å². The molecule has 0 aromatic heterocycles. The fourth-order valence-electron chi connectivity index (χ4n) is 0.429. The Balaban J connectivity index is -0.000000213. The molecule has 112 valence electrons. The van der Waals surface area contributed by atoms with E-state index in [9.17, 15) is 18.3 Å². The number of phosphoric acid groups is 4. The fourth-order valence-corrected chi connectivity index (χ4v) is 4.40. The van der Waals surface area contributed by atoms with Gasteiger partial charge in [-0.25, -0.2) is 18.3 Å². The standard InChI is InChI=1S/4Na.H6O13P4.4H/c;;;;1-14(2,3)11-16(7,8)13-17(9,10)12-15(4,5)6;;;;/h;;;;(H,7,8)(H,9,10)(H2,1,2,3)(H2,4,5,6);;;;. The van der Waals surface area contributed by atoms with Crippen molar-refractivity contribution in [3.63, 3.8) is 0 Å². The Morgan fingerprint density at radius 2 is 0.667 bits per heavy atom. The van der Waals surface area contributed by atoms with E-state index in [1.165, 1.54) is 0 Å². The van der Waals surface area contributed by atoms with Gasteiger partial charge in [-0.05, 0) is 0 Å². The Morgan fingerprint density at radius 3 is 0.810 bits per heavy atom. The van der Waals surface area contributed by atoms with Gasteiger partial charge in [0.15, 0.2) is 0 Å². The van der Waals surface area contributed by atoms with Gasteiger partial charge in [0.25, 0.3) is 0 Å². The summed E-state index contributed by atoms with van der Waals surface area (Å²) in [6.07, 6.45) is 0. The van der Waals surface area contributed by atoms with Crippen LogP contribution in [0.4, 0.5) is 0 Å². The van der Waals surface area contributed by atoms with E-state index >= 15 is 0 Å². The van der Waals surface area contributed by atoms with E-state index in [1.54, 1.807) is 0 Å². The molecule has 0 rings (SSSR count). The topological polar surface area (TPSA) is 217 Å². The van der Waals surface area contributed by atoms with Gasteiger partial charge in [-0.15, -0.1) is 0 Å². The summed E-state index contributed by atoms with van der Waals surface area (Å²) < 4.78 is 50.9. The van der Waals surface area contributed by atoms with Crippen LogP contribution in [0, 0.1) is 0 Å². The average molecular weight is 434 g/mol. The molecule has 0 aliphatic carbocycles. The summed E-state index contributed by atoms with van der Waals surface area (Å²) >= 11 is 0. The van der Waals surface area contributed by atoms with Crippen molar-refractivity contribution >= 4 is 150 Å². The van der Waals surface area contributed by atoms with Crippen molar-refractivity contribution in [1.29, 1.82) is 0 Å². The van der Waals surface area contributed by atoms with Crippen LogP contribution in [-0.2, 0) is 31.2 Å². The zero-order chi connectivity index (χ0) is 14.1. The van der Waals surface area contributed by atoms with Gasteiger partial charge in [0.2, 0.25) is 0 Å². The molecule has 6 N–H and O–H groups in total. The summed E-state index contributed by atoms with van der Waals surface area (Å²) in [6, 6.07) is 0. The quantitative estimate of drug-likeness (QED) is 0.180. The molecule has 0 aromatic carbocycles. The number of hydrogen-bond donors (Lipinski definition) is 6. The average Bonchev–Trinajstić information content (AvgIpc) is 1.65. The van der Waals surface area contributed by atoms with Gasteiger partial charge in [-0.2, -0.15) is 12.9 Å². The predicted octanol–water partition coefficient (Wildman–Crippen LogP) is -3.17. The maximum absolute atomic E-state index is 10.7. The van der Waals surface area contributed by atoms with E-state index < -0.39 is 31.3 Å². The first-order valence-electron chi connectivity index (χ1n) is 3.03. The van der Waals surface area contributed by atoms with Crippen molar-refractivity contribution in [3.05, 3.63) is 0 Å². The van der Waals surface area contributed by atoms with E-state index in [4.69, 9.17) is 29.4 Å². The number of hydrogen-bond acceptors (Lipinski definition) is 7. The van der Waals surface area contributed by atoms with Crippen LogP contribution in [0.2, 0.25) is 0 Å². The Hall–Kier alpha value is 4.56. The van der Waals surface area contributed by atoms with E-state index in [0.717, 1.165) is 0 Å². The summed E-state index contributed by atoms with van der Waals surface area (Å²) in [6.45, 7) is 0. The zero-order valence-corrected chi connectivity index (χ0v) is 10.9. The van der Waals surface area contributed by atoms with Gasteiger partial charge in [-0.3, -0.25) is 0 Å². The molecule has 0 saturated heterocycles. The summed E-state index contributed by atoms with van der Waals surface area (Å²) in [4.78, 5) is 49.4. The van der Waals surface area contributed by atoms with Crippen LogP contribution in [-0.4, -0.2) is 148 Å². The summed E-state index contributed by atoms with van der Waals surface area (Å²) in [5, 5.41) is 0. The monoisotopic (exact) mass is 434 g/mol. The molecule has 0 saturated carbocycles. The first-order chi connectivity index (χ1) is 7.12. The minimum absolute atomic E-state index is 0. The van der Waals surface area contributed by atoms with Crippen LogP contribution in [0.3, 0.4) is 0 Å². The molecule has 2 atom stereocenters. The second-order valence-electron chi connectivity index (χ2n) is 2.16. The molecule has 2 unspecified atom stereocenters. The van der Waals surface area contributed by atoms with E-state index in [2.05, 4.69) is 12.9 Å². The molecule has 0 aliphatic rings. The Bertz CT molecular complexity index is 417. The molecule has 21 heteroatoms. The predicted molar refractivity (Wildman–Crippen MR) is 75.6 cm³/mol. The minimum atomic E-state index is -5.77. The van der Waals surface area contributed by atoms with Gasteiger partial charge in [0, 0.05) is 0 Å². The third-order valence-electron chi connectivity index (χ3n) is 0.625. The summed E-state index contributed by atoms with van der Waals surface area (Å²) in [5.74, 6) is 0. The molecule has 0 amide bonds. The fraction of sp³-hybridized carbons (Fsp3) is 0. The van der Waals surface area contributed by atoms with Crippen molar-refractivity contribution in [2.24, 2.45) is 0 Å². The first-order valence-corrected chi connectivity index (χ1v) is 9.08. The molecule has 0 aromatic rings. The van der Waals surface area contributed by atoms with Crippen molar-refractivity contribution < 1.29 is 60.6 Å². The molecule has 0 spiro atoms. The molecule has 0 fully saturated rings. The normalized spacial score (nSPS) is 16.7. The molecule has 0 bridgehead atoms. The SMILES string of the molecule is O=P(O)(O)OP(=O)(O)OP(=O)(O)OP(=O)(O)O.[NaH].[NaH].[NaH].[NaH]. The van der Waals surface area contributed by atoms with Gasteiger partial charge in [0.05, 0.1) is 0 Å². The Morgan fingerprint density at radius 1 is 0.476 bits per heavy atom. The van der Waals surface area contributed by atoms with Crippen molar-refractivity contribution in [2.75, 3.05) is 0 Å². The van der Waals surface area contributed by atoms with Crippen LogP contribution in [0.1, 0.15) is 0 Å². The second kappa shape index (κ2) is 13.7. The molecule has 13 nitrogen and oxygen atoms in total. The van der Waals surface area contributed by atoms with Gasteiger partial charge >= 0.3 is 150 Å². The van der Waals surface area contributed by atoms with Crippen LogP contribution in [0.25, 0.3) is 0 Å². The molecule has 21 heavy (non-hydrogen) atoms. The second-order valence-corrected chi connectivity index (χ2v) is 7.96. The van der Waals surface area contributed by atoms with Crippen LogP contribution >= 0.6 is 31.3 Å². The molecule has 0 aliphatic heterocycles. The third-order valence-corrected chi connectivity index (χ3v) is 5.63. The molecular formula is H10Na4O13P4. The van der Waals surface area contributed by atoms with Crippen molar-refractivity contribution in [2.45, 2.75) is 0 Å². The van der Waals surface area contributed by atoms with Crippen LogP contribution < -0.4 is 0 Å². The van der Waals surface area contributed by atoms with Crippen LogP contribution in [0.15, 0.2) is 0 Å². The third kappa shape index (κ3) is 24.6. The number of rotatable bonds is 6. The van der Waals surface area contributed by atoms with Gasteiger partial charge in [0.1, 0.15) is 0 Å². The van der Waals surface area contributed by atoms with Crippen molar-refractivity contribution in [1.82, 2.24) is 0 Å². The van der Waals surface area contributed by atoms with Crippen molar-refractivity contribution in [3.8, 4) is 0 Å². The Labute approximate surface area is 206 Å². The zero-order valence-electron chi connectivity index (χ0n) is 7.33. The molecule has 0 heterocycles.